The van der Waals surface area contributed by atoms with Crippen LogP contribution in [-0.4, -0.2) is 41.4 Å². The number of aliphatic hydroxyl groups is 1. The second kappa shape index (κ2) is 5.96. The molecule has 3 aliphatic rings. The molecule has 0 spiro atoms. The van der Waals surface area contributed by atoms with Crippen molar-refractivity contribution in [3.05, 3.63) is 23.8 Å². The molecule has 2 bridgehead atoms. The summed E-state index contributed by atoms with van der Waals surface area (Å²) in [7, 11) is 0. The van der Waals surface area contributed by atoms with Gasteiger partial charge in [0.1, 0.15) is 0 Å². The van der Waals surface area contributed by atoms with Crippen LogP contribution in [0.15, 0.2) is 18.2 Å². The summed E-state index contributed by atoms with van der Waals surface area (Å²) >= 11 is 0. The lowest BCUT2D eigenvalue weighted by atomic mass is 9.72. The van der Waals surface area contributed by atoms with Gasteiger partial charge in [0.25, 0.3) is 0 Å². The van der Waals surface area contributed by atoms with Crippen LogP contribution >= 0.6 is 0 Å². The number of carbonyl (C=O) groups is 1. The van der Waals surface area contributed by atoms with Crippen molar-refractivity contribution < 1.29 is 19.4 Å². The maximum absolute atomic E-state index is 12.8. The Morgan fingerprint density at radius 1 is 1.33 bits per heavy atom. The van der Waals surface area contributed by atoms with Crippen molar-refractivity contribution in [2.24, 2.45) is 5.41 Å². The molecule has 3 heterocycles. The van der Waals surface area contributed by atoms with Crippen molar-refractivity contribution in [2.75, 3.05) is 13.4 Å². The first kappa shape index (κ1) is 15.8. The Kier molecular flexibility index (Phi) is 3.91. The third-order valence-corrected chi connectivity index (χ3v) is 6.22. The summed E-state index contributed by atoms with van der Waals surface area (Å²) in [6, 6.07) is 6.44. The van der Waals surface area contributed by atoms with Gasteiger partial charge in [0.2, 0.25) is 12.7 Å². The van der Waals surface area contributed by atoms with Crippen LogP contribution < -0.4 is 9.47 Å². The van der Waals surface area contributed by atoms with Gasteiger partial charge in [-0.15, -0.1) is 0 Å². The van der Waals surface area contributed by atoms with E-state index < -0.39 is 0 Å². The number of fused-ring (bicyclic) bond motifs is 3. The van der Waals surface area contributed by atoms with Crippen LogP contribution in [0.3, 0.4) is 0 Å². The normalized spacial score (nSPS) is 30.2. The maximum Gasteiger partial charge on any atom is 0.231 e. The van der Waals surface area contributed by atoms with Gasteiger partial charge in [-0.1, -0.05) is 13.0 Å². The Bertz CT molecular complexity index is 640. The average Bonchev–Trinajstić information content (AvgIpc) is 3.31. The summed E-state index contributed by atoms with van der Waals surface area (Å²) in [6.45, 7) is 2.60. The molecule has 5 heteroatoms. The molecule has 24 heavy (non-hydrogen) atoms. The zero-order valence-corrected chi connectivity index (χ0v) is 14.2. The minimum atomic E-state index is -0.0721. The highest BCUT2D eigenvalue weighted by molar-refractivity contribution is 5.78. The minimum Gasteiger partial charge on any atom is -0.454 e. The third kappa shape index (κ3) is 2.37. The van der Waals surface area contributed by atoms with Gasteiger partial charge >= 0.3 is 0 Å². The largest absolute Gasteiger partial charge is 0.454 e. The Balaban J connectivity index is 1.42. The first-order valence-electron chi connectivity index (χ1n) is 8.97. The van der Waals surface area contributed by atoms with Gasteiger partial charge in [0.05, 0.1) is 6.61 Å². The topological polar surface area (TPSA) is 59.0 Å². The van der Waals surface area contributed by atoms with Crippen molar-refractivity contribution in [1.29, 1.82) is 0 Å². The van der Waals surface area contributed by atoms with E-state index >= 15 is 0 Å². The summed E-state index contributed by atoms with van der Waals surface area (Å²) in [5.41, 5.74) is 1.03. The number of hydrogen-bond acceptors (Lipinski definition) is 4. The van der Waals surface area contributed by atoms with Gasteiger partial charge in [-0.25, -0.2) is 0 Å². The van der Waals surface area contributed by atoms with E-state index in [0.717, 1.165) is 42.7 Å². The van der Waals surface area contributed by atoms with Crippen LogP contribution in [0.1, 0.15) is 44.6 Å². The predicted molar refractivity (Wildman–Crippen MR) is 89.0 cm³/mol. The quantitative estimate of drug-likeness (QED) is 0.901. The lowest BCUT2D eigenvalue weighted by Gasteiger charge is -2.34. The highest BCUT2D eigenvalue weighted by Crippen LogP contribution is 2.51. The number of nitrogens with zero attached hydrogens (tertiary/aromatic N) is 1. The fourth-order valence-corrected chi connectivity index (χ4v) is 4.81. The molecular formula is C19H25NO4. The lowest BCUT2D eigenvalue weighted by molar-refractivity contribution is -0.133. The van der Waals surface area contributed by atoms with E-state index in [2.05, 4.69) is 11.8 Å². The fourth-order valence-electron chi connectivity index (χ4n) is 4.81. The standard InChI is InChI=1S/C19H25NO4/c1-2-19(11-21)10-14-5-7-17(19)20(14)18(22)8-4-13-3-6-15-16(9-13)24-12-23-15/h3,6,9,14,17,21H,2,4-5,7-8,10-12H2,1H3/t14-,17+,19-/m0/s1. The molecule has 4 rings (SSSR count). The van der Waals surface area contributed by atoms with Gasteiger partial charge in [-0.3, -0.25) is 4.79 Å². The first-order valence-corrected chi connectivity index (χ1v) is 8.97. The summed E-state index contributed by atoms with van der Waals surface area (Å²) in [4.78, 5) is 14.9. The highest BCUT2D eigenvalue weighted by Gasteiger charge is 2.55. The maximum atomic E-state index is 12.8. The van der Waals surface area contributed by atoms with E-state index in [-0.39, 0.29) is 30.8 Å². The SMILES string of the molecule is CC[C@@]1(CO)C[C@@H]2CC[C@H]1N2C(=O)CCc1ccc2c(c1)OCO2. The van der Waals surface area contributed by atoms with Crippen molar-refractivity contribution in [3.63, 3.8) is 0 Å². The number of rotatable bonds is 5. The van der Waals surface area contributed by atoms with Crippen LogP contribution in [0.25, 0.3) is 0 Å². The Morgan fingerprint density at radius 3 is 2.92 bits per heavy atom. The van der Waals surface area contributed by atoms with Gasteiger partial charge in [-0.05, 0) is 49.8 Å². The van der Waals surface area contributed by atoms with E-state index in [0.29, 0.717) is 18.9 Å². The van der Waals surface area contributed by atoms with Crippen molar-refractivity contribution >= 4 is 5.91 Å². The molecule has 0 radical (unpaired) electrons. The Labute approximate surface area is 142 Å². The summed E-state index contributed by atoms with van der Waals surface area (Å²) < 4.78 is 10.7. The van der Waals surface area contributed by atoms with E-state index in [1.165, 1.54) is 0 Å². The smallest absolute Gasteiger partial charge is 0.231 e. The number of ether oxygens (including phenoxy) is 2. The monoisotopic (exact) mass is 331 g/mol. The Morgan fingerprint density at radius 2 is 2.17 bits per heavy atom. The molecule has 3 atom stereocenters. The number of hydrogen-bond donors (Lipinski definition) is 1. The molecular weight excluding hydrogens is 306 g/mol. The molecule has 0 aromatic heterocycles. The molecule has 1 N–H and O–H groups in total. The molecule has 0 unspecified atom stereocenters. The lowest BCUT2D eigenvalue weighted by Crippen LogP contribution is -2.42. The fraction of sp³-hybridized carbons (Fsp3) is 0.632. The van der Waals surface area contributed by atoms with Crippen LogP contribution in [0.5, 0.6) is 11.5 Å². The summed E-state index contributed by atoms with van der Waals surface area (Å²) in [6.07, 6.45) is 5.25. The summed E-state index contributed by atoms with van der Waals surface area (Å²) in [5.74, 6) is 1.77. The van der Waals surface area contributed by atoms with Crippen molar-refractivity contribution in [2.45, 2.75) is 57.5 Å². The average molecular weight is 331 g/mol. The predicted octanol–water partition coefficient (Wildman–Crippen LogP) is 2.50. The molecule has 1 aromatic rings. The number of carbonyl (C=O) groups excluding carboxylic acids is 1. The van der Waals surface area contributed by atoms with Gasteiger partial charge in [-0.2, -0.15) is 0 Å². The Hall–Kier alpha value is -1.75. The second-order valence-corrected chi connectivity index (χ2v) is 7.31. The van der Waals surface area contributed by atoms with E-state index in [9.17, 15) is 9.90 Å². The first-order chi connectivity index (χ1) is 11.7. The molecule has 5 nitrogen and oxygen atoms in total. The molecule has 0 saturated carbocycles. The highest BCUT2D eigenvalue weighted by atomic mass is 16.7. The number of amides is 1. The van der Waals surface area contributed by atoms with Crippen molar-refractivity contribution in [1.82, 2.24) is 4.90 Å². The van der Waals surface area contributed by atoms with E-state index in [1.54, 1.807) is 0 Å². The zero-order valence-electron chi connectivity index (χ0n) is 14.2. The van der Waals surface area contributed by atoms with Crippen molar-refractivity contribution in [3.8, 4) is 11.5 Å². The minimum absolute atomic E-state index is 0.0721. The molecule has 2 saturated heterocycles. The summed E-state index contributed by atoms with van der Waals surface area (Å²) in [5, 5.41) is 9.87. The number of aliphatic hydroxyl groups excluding tert-OH is 1. The molecule has 0 aliphatic carbocycles. The second-order valence-electron chi connectivity index (χ2n) is 7.31. The zero-order chi connectivity index (χ0) is 16.7. The molecule has 3 aliphatic heterocycles. The molecule has 1 amide bonds. The molecule has 1 aromatic carbocycles. The van der Waals surface area contributed by atoms with Gasteiger partial charge in [0, 0.05) is 23.9 Å². The molecule has 2 fully saturated rings. The van der Waals surface area contributed by atoms with E-state index in [1.807, 2.05) is 18.2 Å². The van der Waals surface area contributed by atoms with Crippen LogP contribution in [0, 0.1) is 5.41 Å². The van der Waals surface area contributed by atoms with Crippen LogP contribution in [0.2, 0.25) is 0 Å². The van der Waals surface area contributed by atoms with Gasteiger partial charge in [0.15, 0.2) is 11.5 Å². The van der Waals surface area contributed by atoms with Crippen LogP contribution in [-0.2, 0) is 11.2 Å². The number of aryl methyl sites for hydroxylation is 1. The van der Waals surface area contributed by atoms with Gasteiger partial charge < -0.3 is 19.5 Å². The van der Waals surface area contributed by atoms with E-state index in [4.69, 9.17) is 9.47 Å². The third-order valence-electron chi connectivity index (χ3n) is 6.22. The molecule has 130 valence electrons. The van der Waals surface area contributed by atoms with Crippen LogP contribution in [0.4, 0.5) is 0 Å². The number of benzene rings is 1.